The molecule has 0 spiro atoms. The van der Waals surface area contributed by atoms with Crippen LogP contribution < -0.4 is 5.30 Å². The van der Waals surface area contributed by atoms with Gasteiger partial charge in [-0.1, -0.05) is 0 Å². The van der Waals surface area contributed by atoms with E-state index < -0.39 is 4.01 Å². The van der Waals surface area contributed by atoms with Gasteiger partial charge in [0.25, 0.3) is 0 Å². The quantitative estimate of drug-likeness (QED) is 0.444. The molecule has 0 heterocycles. The molecule has 1 aromatic carbocycles. The number of benzene rings is 1. The zero-order chi connectivity index (χ0) is 14.8. The van der Waals surface area contributed by atoms with Crippen molar-refractivity contribution < 1.29 is 0 Å². The van der Waals surface area contributed by atoms with E-state index in [4.69, 9.17) is 0 Å². The summed E-state index contributed by atoms with van der Waals surface area (Å²) in [7, 11) is 0. The van der Waals surface area contributed by atoms with Gasteiger partial charge in [-0.25, -0.2) is 0 Å². The molecule has 0 aliphatic heterocycles. The summed E-state index contributed by atoms with van der Waals surface area (Å²) < 4.78 is -2.20. The summed E-state index contributed by atoms with van der Waals surface area (Å²) in [6, 6.07) is 11.4. The van der Waals surface area contributed by atoms with Crippen LogP contribution in [0.5, 0.6) is 0 Å². The Morgan fingerprint density at radius 2 is 1.10 bits per heavy atom. The molecule has 0 aromatic heterocycles. The summed E-state index contributed by atoms with van der Waals surface area (Å²) in [5.74, 6) is 0. The Kier molecular flexibility index (Phi) is 5.19. The number of halogens is 2. The minimum atomic E-state index is -2.20. The van der Waals surface area contributed by atoms with Gasteiger partial charge in [-0.05, 0) is 0 Å². The van der Waals surface area contributed by atoms with E-state index in [0.29, 0.717) is 0 Å². The molecule has 0 bridgehead atoms. The maximum atomic E-state index is 4.47. The first-order chi connectivity index (χ1) is 10.1. The van der Waals surface area contributed by atoms with Crippen LogP contribution in [-0.4, -0.2) is 11.3 Å². The van der Waals surface area contributed by atoms with Crippen LogP contribution in [0.3, 0.4) is 0 Å². The molecular formula is C18H27Br2P. The molecule has 3 heteroatoms. The van der Waals surface area contributed by atoms with Crippen molar-refractivity contribution in [2.75, 3.05) is 0 Å². The molecule has 1 aromatic rings. The number of hydrogen-bond donors (Lipinski definition) is 0. The van der Waals surface area contributed by atoms with Gasteiger partial charge >= 0.3 is 146 Å². The molecule has 0 unspecified atom stereocenters. The molecule has 0 N–H and O–H groups in total. The van der Waals surface area contributed by atoms with Crippen LogP contribution in [0.2, 0.25) is 0 Å². The van der Waals surface area contributed by atoms with Crippen molar-refractivity contribution in [3.05, 3.63) is 30.3 Å². The number of hydrogen-bond acceptors (Lipinski definition) is 0. The molecular weight excluding hydrogens is 407 g/mol. The molecule has 118 valence electrons. The molecule has 0 atom stereocenters. The van der Waals surface area contributed by atoms with Gasteiger partial charge in [0.1, 0.15) is 0 Å². The standard InChI is InChI=1S/C18H27Br2P/c19-21(20,16-10-4-1-5-11-16,17-12-6-2-7-13-17)18-14-8-3-9-15-18/h1,4-5,10-11,17-18H,2-3,6-9,12-15H2. The summed E-state index contributed by atoms with van der Waals surface area (Å²) in [5.41, 5.74) is 1.66. The van der Waals surface area contributed by atoms with E-state index >= 15 is 0 Å². The van der Waals surface area contributed by atoms with E-state index in [0.717, 1.165) is 11.3 Å². The molecule has 2 saturated carbocycles. The van der Waals surface area contributed by atoms with Crippen molar-refractivity contribution in [1.29, 1.82) is 0 Å². The van der Waals surface area contributed by atoms with E-state index in [1.54, 1.807) is 5.30 Å². The average molecular weight is 434 g/mol. The van der Waals surface area contributed by atoms with Crippen molar-refractivity contribution in [3.8, 4) is 0 Å². The zero-order valence-corrected chi connectivity index (χ0v) is 16.9. The fourth-order valence-corrected chi connectivity index (χ4v) is 15.7. The fraction of sp³-hybridized carbons (Fsp3) is 0.667. The summed E-state index contributed by atoms with van der Waals surface area (Å²) in [4.78, 5) is 0. The normalized spacial score (nSPS) is 24.4. The molecule has 21 heavy (non-hydrogen) atoms. The second-order valence-corrected chi connectivity index (χ2v) is 23.0. The summed E-state index contributed by atoms with van der Waals surface area (Å²) in [6.45, 7) is 0. The van der Waals surface area contributed by atoms with Crippen molar-refractivity contribution in [2.45, 2.75) is 75.5 Å². The van der Waals surface area contributed by atoms with Crippen LogP contribution in [0.4, 0.5) is 0 Å². The fourth-order valence-electron chi connectivity index (χ4n) is 4.54. The summed E-state index contributed by atoms with van der Waals surface area (Å²) >= 11 is 8.94. The van der Waals surface area contributed by atoms with Gasteiger partial charge in [0.05, 0.1) is 0 Å². The second-order valence-electron chi connectivity index (χ2n) is 6.95. The van der Waals surface area contributed by atoms with Crippen LogP contribution in [0.25, 0.3) is 0 Å². The first-order valence-electron chi connectivity index (χ1n) is 8.62. The summed E-state index contributed by atoms with van der Waals surface area (Å²) in [5, 5.41) is 1.57. The third-order valence-electron chi connectivity index (χ3n) is 5.74. The van der Waals surface area contributed by atoms with Gasteiger partial charge < -0.3 is 0 Å². The molecule has 3 rings (SSSR count). The van der Waals surface area contributed by atoms with Crippen molar-refractivity contribution in [3.63, 3.8) is 0 Å². The zero-order valence-electron chi connectivity index (χ0n) is 12.8. The van der Waals surface area contributed by atoms with E-state index in [1.165, 1.54) is 64.2 Å². The Balaban J connectivity index is 2.04. The SMILES string of the molecule is BrP(Br)(c1ccccc1)(C1CCCCC1)C1CCCCC1. The maximum absolute atomic E-state index is 4.47. The van der Waals surface area contributed by atoms with Gasteiger partial charge in [0.15, 0.2) is 0 Å². The monoisotopic (exact) mass is 432 g/mol. The Bertz CT molecular complexity index is 437. The van der Waals surface area contributed by atoms with E-state index in [-0.39, 0.29) is 0 Å². The average Bonchev–Trinajstić information content (AvgIpc) is 2.57. The number of rotatable bonds is 3. The molecule has 0 nitrogen and oxygen atoms in total. The first kappa shape index (κ1) is 16.5. The van der Waals surface area contributed by atoms with Crippen LogP contribution >= 0.6 is 35.0 Å². The van der Waals surface area contributed by atoms with Gasteiger partial charge in [-0.3, -0.25) is 0 Å². The van der Waals surface area contributed by atoms with Crippen LogP contribution in [-0.2, 0) is 0 Å². The molecule has 2 aliphatic rings. The van der Waals surface area contributed by atoms with Gasteiger partial charge in [0.2, 0.25) is 0 Å². The second kappa shape index (κ2) is 6.62. The topological polar surface area (TPSA) is 0 Å². The molecule has 2 fully saturated rings. The van der Waals surface area contributed by atoms with Gasteiger partial charge in [-0.2, -0.15) is 0 Å². The Morgan fingerprint density at radius 1 is 0.667 bits per heavy atom. The third-order valence-corrected chi connectivity index (χ3v) is 20.1. The Hall–Kier alpha value is 0.610. The van der Waals surface area contributed by atoms with Crippen LogP contribution in [0.15, 0.2) is 30.3 Å². The van der Waals surface area contributed by atoms with Crippen LogP contribution in [0.1, 0.15) is 64.2 Å². The Morgan fingerprint density at radius 3 is 1.52 bits per heavy atom. The van der Waals surface area contributed by atoms with Crippen molar-refractivity contribution in [2.24, 2.45) is 0 Å². The molecule has 0 saturated heterocycles. The van der Waals surface area contributed by atoms with E-state index in [1.807, 2.05) is 0 Å². The molecule has 0 radical (unpaired) electrons. The van der Waals surface area contributed by atoms with E-state index in [9.17, 15) is 0 Å². The Labute approximate surface area is 145 Å². The minimum absolute atomic E-state index is 0.829. The first-order valence-corrected chi connectivity index (χ1v) is 15.0. The predicted molar refractivity (Wildman–Crippen MR) is 105 cm³/mol. The third kappa shape index (κ3) is 3.02. The van der Waals surface area contributed by atoms with E-state index in [2.05, 4.69) is 61.3 Å². The van der Waals surface area contributed by atoms with Crippen LogP contribution in [0, 0.1) is 0 Å². The molecule has 2 aliphatic carbocycles. The van der Waals surface area contributed by atoms with Crippen molar-refractivity contribution in [1.82, 2.24) is 0 Å². The summed E-state index contributed by atoms with van der Waals surface area (Å²) in [6.07, 6.45) is 14.1. The van der Waals surface area contributed by atoms with Gasteiger partial charge in [0, 0.05) is 0 Å². The van der Waals surface area contributed by atoms with Crippen molar-refractivity contribution >= 4 is 40.3 Å². The molecule has 0 amide bonds. The van der Waals surface area contributed by atoms with Gasteiger partial charge in [-0.15, -0.1) is 0 Å². The predicted octanol–water partition coefficient (Wildman–Crippen LogP) is 7.15.